The molecule has 108 valence electrons. The van der Waals surface area contributed by atoms with Crippen LogP contribution in [0.5, 0.6) is 0 Å². The highest BCUT2D eigenvalue weighted by Crippen LogP contribution is 2.13. The first-order valence-corrected chi connectivity index (χ1v) is 6.29. The maximum absolute atomic E-state index is 11.6. The van der Waals surface area contributed by atoms with Crippen molar-refractivity contribution < 1.29 is 24.2 Å². The minimum atomic E-state index is -1.01. The second-order valence-corrected chi connectivity index (χ2v) is 4.66. The van der Waals surface area contributed by atoms with E-state index in [1.165, 1.54) is 4.90 Å². The van der Waals surface area contributed by atoms with Crippen molar-refractivity contribution >= 4 is 18.3 Å². The summed E-state index contributed by atoms with van der Waals surface area (Å²) in [4.78, 5) is 35.5. The summed E-state index contributed by atoms with van der Waals surface area (Å²) in [6.45, 7) is 0.708. The molecule has 0 bridgehead atoms. The predicted octanol–water partition coefficient (Wildman–Crippen LogP) is -0.443. The van der Waals surface area contributed by atoms with E-state index in [0.29, 0.717) is 19.5 Å². The molecule has 1 aliphatic heterocycles. The van der Waals surface area contributed by atoms with Crippen molar-refractivity contribution in [2.45, 2.75) is 25.4 Å². The van der Waals surface area contributed by atoms with Crippen molar-refractivity contribution in [3.8, 4) is 0 Å². The molecule has 7 nitrogen and oxygen atoms in total. The third-order valence-corrected chi connectivity index (χ3v) is 3.06. The Kier molecular flexibility index (Phi) is 6.27. The van der Waals surface area contributed by atoms with E-state index in [1.54, 1.807) is 11.9 Å². The Labute approximate surface area is 112 Å². The zero-order valence-corrected chi connectivity index (χ0v) is 11.1. The number of amides is 2. The van der Waals surface area contributed by atoms with Crippen LogP contribution < -0.4 is 0 Å². The van der Waals surface area contributed by atoms with Crippen LogP contribution in [0.1, 0.15) is 19.3 Å². The molecule has 0 spiro atoms. The number of nitrogens with zero attached hydrogens (tertiary/aromatic N) is 2. The quantitative estimate of drug-likeness (QED) is 0.635. The SMILES string of the molecule is CN(C=O)CCCC1CCN(CC(=O)O)C(=O)CO1. The van der Waals surface area contributed by atoms with Gasteiger partial charge in [-0.25, -0.2) is 0 Å². The minimum Gasteiger partial charge on any atom is -0.480 e. The van der Waals surface area contributed by atoms with Gasteiger partial charge in [-0.3, -0.25) is 14.4 Å². The molecule has 1 atom stereocenters. The Morgan fingerprint density at radius 2 is 2.37 bits per heavy atom. The molecule has 7 heteroatoms. The zero-order valence-electron chi connectivity index (χ0n) is 11.1. The molecule has 0 radical (unpaired) electrons. The van der Waals surface area contributed by atoms with Gasteiger partial charge >= 0.3 is 5.97 Å². The molecular weight excluding hydrogens is 252 g/mol. The van der Waals surface area contributed by atoms with Gasteiger partial charge in [0, 0.05) is 20.1 Å². The molecule has 1 saturated heterocycles. The Morgan fingerprint density at radius 1 is 1.63 bits per heavy atom. The van der Waals surface area contributed by atoms with E-state index >= 15 is 0 Å². The van der Waals surface area contributed by atoms with Crippen LogP contribution in [0.25, 0.3) is 0 Å². The Bertz CT molecular complexity index is 334. The fraction of sp³-hybridized carbons (Fsp3) is 0.750. The zero-order chi connectivity index (χ0) is 14.3. The second kappa shape index (κ2) is 7.73. The molecule has 0 aromatic carbocycles. The molecule has 1 N–H and O–H groups in total. The number of rotatable bonds is 7. The molecule has 2 amide bonds. The van der Waals surface area contributed by atoms with E-state index in [-0.39, 0.29) is 25.2 Å². The van der Waals surface area contributed by atoms with E-state index in [2.05, 4.69) is 0 Å². The molecule has 19 heavy (non-hydrogen) atoms. The van der Waals surface area contributed by atoms with Gasteiger partial charge in [0.15, 0.2) is 0 Å². The van der Waals surface area contributed by atoms with Gasteiger partial charge in [0.25, 0.3) is 0 Å². The molecule has 1 rings (SSSR count). The third-order valence-electron chi connectivity index (χ3n) is 3.06. The first-order chi connectivity index (χ1) is 9.02. The average molecular weight is 272 g/mol. The number of aliphatic carboxylic acids is 1. The van der Waals surface area contributed by atoms with Gasteiger partial charge in [0.05, 0.1) is 6.10 Å². The summed E-state index contributed by atoms with van der Waals surface area (Å²) in [6, 6.07) is 0. The van der Waals surface area contributed by atoms with Crippen molar-refractivity contribution in [2.75, 3.05) is 33.3 Å². The largest absolute Gasteiger partial charge is 0.480 e. The van der Waals surface area contributed by atoms with Crippen LogP contribution in [-0.2, 0) is 19.1 Å². The summed E-state index contributed by atoms with van der Waals surface area (Å²) in [7, 11) is 1.71. The first kappa shape index (κ1) is 15.4. The lowest BCUT2D eigenvalue weighted by atomic mass is 10.1. The van der Waals surface area contributed by atoms with Crippen LogP contribution in [0, 0.1) is 0 Å². The van der Waals surface area contributed by atoms with Crippen molar-refractivity contribution in [2.24, 2.45) is 0 Å². The molecule has 1 fully saturated rings. The van der Waals surface area contributed by atoms with Gasteiger partial charge in [-0.05, 0) is 19.3 Å². The highest BCUT2D eigenvalue weighted by atomic mass is 16.5. The van der Waals surface area contributed by atoms with Crippen LogP contribution in [0.3, 0.4) is 0 Å². The monoisotopic (exact) mass is 272 g/mol. The molecule has 0 aromatic rings. The van der Waals surface area contributed by atoms with Gasteiger partial charge in [0.2, 0.25) is 12.3 Å². The molecule has 0 aromatic heterocycles. The van der Waals surface area contributed by atoms with Crippen LogP contribution in [-0.4, -0.2) is 72.6 Å². The number of carbonyl (C=O) groups excluding carboxylic acids is 2. The topological polar surface area (TPSA) is 87.2 Å². The standard InChI is InChI=1S/C12H20N2O5/c1-13(9-15)5-2-3-10-4-6-14(7-12(17)18)11(16)8-19-10/h9-10H,2-8H2,1H3,(H,17,18). The summed E-state index contributed by atoms with van der Waals surface area (Å²) >= 11 is 0. The average Bonchev–Trinajstić information content (AvgIpc) is 2.53. The van der Waals surface area contributed by atoms with Gasteiger partial charge in [-0.15, -0.1) is 0 Å². The third kappa shape index (κ3) is 5.69. The summed E-state index contributed by atoms with van der Waals surface area (Å²) in [5, 5.41) is 8.70. The Balaban J connectivity index is 2.34. The van der Waals surface area contributed by atoms with Gasteiger partial charge in [-0.1, -0.05) is 0 Å². The lowest BCUT2D eigenvalue weighted by Crippen LogP contribution is -2.36. The van der Waals surface area contributed by atoms with E-state index < -0.39 is 5.97 Å². The fourth-order valence-corrected chi connectivity index (χ4v) is 1.97. The van der Waals surface area contributed by atoms with Crippen LogP contribution in [0.2, 0.25) is 0 Å². The maximum Gasteiger partial charge on any atom is 0.323 e. The summed E-state index contributed by atoms with van der Waals surface area (Å²) in [5.74, 6) is -1.30. The van der Waals surface area contributed by atoms with Crippen LogP contribution in [0.4, 0.5) is 0 Å². The highest BCUT2D eigenvalue weighted by molar-refractivity contribution is 5.82. The van der Waals surface area contributed by atoms with Crippen molar-refractivity contribution in [1.29, 1.82) is 0 Å². The fourth-order valence-electron chi connectivity index (χ4n) is 1.97. The minimum absolute atomic E-state index is 0.0530. The molecule has 1 heterocycles. The maximum atomic E-state index is 11.6. The van der Waals surface area contributed by atoms with Gasteiger partial charge < -0.3 is 19.6 Å². The molecule has 1 unspecified atom stereocenters. The Morgan fingerprint density at radius 3 is 3.00 bits per heavy atom. The van der Waals surface area contributed by atoms with Gasteiger partial charge in [0.1, 0.15) is 13.2 Å². The van der Waals surface area contributed by atoms with Crippen molar-refractivity contribution in [3.05, 3.63) is 0 Å². The first-order valence-electron chi connectivity index (χ1n) is 6.29. The highest BCUT2D eigenvalue weighted by Gasteiger charge is 2.24. The number of carboxylic acids is 1. The van der Waals surface area contributed by atoms with E-state index in [9.17, 15) is 14.4 Å². The summed E-state index contributed by atoms with van der Waals surface area (Å²) in [6.07, 6.45) is 2.90. The van der Waals surface area contributed by atoms with Gasteiger partial charge in [-0.2, -0.15) is 0 Å². The lowest BCUT2D eigenvalue weighted by molar-refractivity contribution is -0.145. The number of ether oxygens (including phenoxy) is 1. The number of carboxylic acid groups (broad SMARTS) is 1. The number of hydrogen-bond acceptors (Lipinski definition) is 4. The normalized spacial score (nSPS) is 19.9. The second-order valence-electron chi connectivity index (χ2n) is 4.66. The molecule has 1 aliphatic rings. The van der Waals surface area contributed by atoms with E-state index in [0.717, 1.165) is 19.3 Å². The number of hydrogen-bond donors (Lipinski definition) is 1. The van der Waals surface area contributed by atoms with Crippen molar-refractivity contribution in [3.63, 3.8) is 0 Å². The summed E-state index contributed by atoms with van der Waals surface area (Å²) < 4.78 is 5.45. The Hall–Kier alpha value is -1.63. The smallest absolute Gasteiger partial charge is 0.323 e. The molecule has 0 aliphatic carbocycles. The molecule has 0 saturated carbocycles. The van der Waals surface area contributed by atoms with Crippen LogP contribution >= 0.6 is 0 Å². The predicted molar refractivity (Wildman–Crippen MR) is 66.5 cm³/mol. The van der Waals surface area contributed by atoms with E-state index in [4.69, 9.17) is 9.84 Å². The summed E-state index contributed by atoms with van der Waals surface area (Å²) in [5.41, 5.74) is 0. The lowest BCUT2D eigenvalue weighted by Gasteiger charge is -2.17. The number of carbonyl (C=O) groups is 3. The van der Waals surface area contributed by atoms with Crippen LogP contribution in [0.15, 0.2) is 0 Å². The van der Waals surface area contributed by atoms with Crippen molar-refractivity contribution in [1.82, 2.24) is 9.80 Å². The molecular formula is C12H20N2O5. The van der Waals surface area contributed by atoms with E-state index in [1.807, 2.05) is 0 Å².